The van der Waals surface area contributed by atoms with Gasteiger partial charge >= 0.3 is 0 Å². The summed E-state index contributed by atoms with van der Waals surface area (Å²) in [5, 5.41) is 4.00. The molecule has 0 amide bonds. The van der Waals surface area contributed by atoms with E-state index in [1.165, 1.54) is 0 Å². The van der Waals surface area contributed by atoms with Gasteiger partial charge in [-0.3, -0.25) is 4.98 Å². The van der Waals surface area contributed by atoms with E-state index in [9.17, 15) is 4.39 Å². The molecule has 1 aromatic heterocycles. The maximum atomic E-state index is 14.6. The van der Waals surface area contributed by atoms with Crippen LogP contribution < -0.4 is 5.32 Å². The Bertz CT molecular complexity index is 653. The van der Waals surface area contributed by atoms with Gasteiger partial charge in [-0.2, -0.15) is 0 Å². The summed E-state index contributed by atoms with van der Waals surface area (Å²) in [4.78, 5) is 4.62. The highest BCUT2D eigenvalue weighted by Gasteiger charge is 2.18. The molecule has 2 rings (SSSR count). The molecule has 1 aromatic carbocycles. The summed E-state index contributed by atoms with van der Waals surface area (Å²) in [6.07, 6.45) is 1.84. The standard InChI is InChI=1S/C16H20BrFN2/c1-5-7-19-16-11(6-2)10(4)20-15-9(3)8-12(17)14(18)13(15)16/h8H,5-7H2,1-4H3,(H,19,20). The minimum absolute atomic E-state index is 0.230. The molecule has 1 heterocycles. The van der Waals surface area contributed by atoms with E-state index in [4.69, 9.17) is 0 Å². The molecule has 0 saturated carbocycles. The van der Waals surface area contributed by atoms with Crippen LogP contribution in [0.1, 0.15) is 37.1 Å². The molecule has 0 aliphatic heterocycles. The first-order chi connectivity index (χ1) is 9.51. The van der Waals surface area contributed by atoms with Crippen molar-refractivity contribution in [3.63, 3.8) is 0 Å². The molecule has 0 atom stereocenters. The van der Waals surface area contributed by atoms with E-state index < -0.39 is 0 Å². The maximum Gasteiger partial charge on any atom is 0.148 e. The van der Waals surface area contributed by atoms with Crippen LogP contribution in [0.3, 0.4) is 0 Å². The van der Waals surface area contributed by atoms with Gasteiger partial charge in [0, 0.05) is 12.2 Å². The SMILES string of the molecule is CCCNc1c(CC)c(C)nc2c(C)cc(Br)c(F)c12. The van der Waals surface area contributed by atoms with E-state index in [1.54, 1.807) is 6.07 Å². The molecular weight excluding hydrogens is 319 g/mol. The lowest BCUT2D eigenvalue weighted by Crippen LogP contribution is -2.08. The van der Waals surface area contributed by atoms with Gasteiger partial charge in [-0.25, -0.2) is 4.39 Å². The van der Waals surface area contributed by atoms with Gasteiger partial charge in [0.2, 0.25) is 0 Å². The number of hydrogen-bond donors (Lipinski definition) is 1. The Morgan fingerprint density at radius 1 is 1.30 bits per heavy atom. The molecule has 0 saturated heterocycles. The van der Waals surface area contributed by atoms with Crippen LogP contribution in [-0.2, 0) is 6.42 Å². The van der Waals surface area contributed by atoms with Crippen LogP contribution in [0.4, 0.5) is 10.1 Å². The summed E-state index contributed by atoms with van der Waals surface area (Å²) in [7, 11) is 0. The van der Waals surface area contributed by atoms with Crippen molar-refractivity contribution < 1.29 is 4.39 Å². The lowest BCUT2D eigenvalue weighted by atomic mass is 10.0. The molecule has 20 heavy (non-hydrogen) atoms. The molecule has 108 valence electrons. The number of rotatable bonds is 4. The molecule has 2 nitrogen and oxygen atoms in total. The van der Waals surface area contributed by atoms with Gasteiger partial charge in [0.25, 0.3) is 0 Å². The minimum Gasteiger partial charge on any atom is -0.384 e. The molecule has 4 heteroatoms. The topological polar surface area (TPSA) is 24.9 Å². The predicted molar refractivity (Wildman–Crippen MR) is 87.0 cm³/mol. The van der Waals surface area contributed by atoms with Gasteiger partial charge in [0.1, 0.15) is 5.82 Å². The summed E-state index contributed by atoms with van der Waals surface area (Å²) >= 11 is 3.30. The quantitative estimate of drug-likeness (QED) is 0.834. The monoisotopic (exact) mass is 338 g/mol. The van der Waals surface area contributed by atoms with Crippen LogP contribution in [0, 0.1) is 19.7 Å². The first-order valence-electron chi connectivity index (χ1n) is 7.02. The number of pyridine rings is 1. The fourth-order valence-corrected chi connectivity index (χ4v) is 3.10. The molecule has 0 aliphatic rings. The number of aromatic nitrogens is 1. The normalized spacial score (nSPS) is 11.1. The third-order valence-electron chi connectivity index (χ3n) is 3.56. The summed E-state index contributed by atoms with van der Waals surface area (Å²) in [5.41, 5.74) is 4.71. The maximum absolute atomic E-state index is 14.6. The van der Waals surface area contributed by atoms with E-state index >= 15 is 0 Å². The molecule has 0 radical (unpaired) electrons. The number of halogens is 2. The van der Waals surface area contributed by atoms with Crippen molar-refractivity contribution in [2.24, 2.45) is 0 Å². The summed E-state index contributed by atoms with van der Waals surface area (Å²) in [6.45, 7) is 8.97. The van der Waals surface area contributed by atoms with Crippen molar-refractivity contribution in [3.05, 3.63) is 33.2 Å². The first kappa shape index (κ1) is 15.2. The van der Waals surface area contributed by atoms with Crippen LogP contribution in [0.2, 0.25) is 0 Å². The number of benzene rings is 1. The van der Waals surface area contributed by atoms with E-state index in [-0.39, 0.29) is 5.82 Å². The van der Waals surface area contributed by atoms with Crippen LogP contribution in [0.25, 0.3) is 10.9 Å². The minimum atomic E-state index is -0.230. The summed E-state index contributed by atoms with van der Waals surface area (Å²) in [5.74, 6) is -0.230. The Kier molecular flexibility index (Phi) is 4.63. The van der Waals surface area contributed by atoms with Crippen molar-refractivity contribution >= 4 is 32.5 Å². The molecule has 1 N–H and O–H groups in total. The van der Waals surface area contributed by atoms with Gasteiger partial charge in [0.05, 0.1) is 21.1 Å². The Hall–Kier alpha value is -1.16. The number of anilines is 1. The van der Waals surface area contributed by atoms with E-state index in [1.807, 2.05) is 13.8 Å². The van der Waals surface area contributed by atoms with Crippen molar-refractivity contribution in [1.29, 1.82) is 0 Å². The largest absolute Gasteiger partial charge is 0.384 e. The lowest BCUT2D eigenvalue weighted by Gasteiger charge is -2.18. The smallest absolute Gasteiger partial charge is 0.148 e. The van der Waals surface area contributed by atoms with Crippen LogP contribution in [-0.4, -0.2) is 11.5 Å². The number of nitrogens with zero attached hydrogens (tertiary/aromatic N) is 1. The second-order valence-electron chi connectivity index (χ2n) is 5.04. The van der Waals surface area contributed by atoms with Crippen molar-refractivity contribution in [2.45, 2.75) is 40.5 Å². The lowest BCUT2D eigenvalue weighted by molar-refractivity contribution is 0.632. The van der Waals surface area contributed by atoms with Crippen LogP contribution in [0.5, 0.6) is 0 Å². The molecule has 0 bridgehead atoms. The van der Waals surface area contributed by atoms with Crippen LogP contribution >= 0.6 is 15.9 Å². The highest BCUT2D eigenvalue weighted by molar-refractivity contribution is 9.10. The Balaban J connectivity index is 2.87. The van der Waals surface area contributed by atoms with Gasteiger partial charge in [-0.15, -0.1) is 0 Å². The number of aryl methyl sites for hydroxylation is 2. The van der Waals surface area contributed by atoms with Gasteiger partial charge in [-0.1, -0.05) is 13.8 Å². The Morgan fingerprint density at radius 2 is 2.00 bits per heavy atom. The average Bonchev–Trinajstić information content (AvgIpc) is 2.42. The van der Waals surface area contributed by atoms with Crippen molar-refractivity contribution in [1.82, 2.24) is 4.98 Å². The Morgan fingerprint density at radius 3 is 2.60 bits per heavy atom. The third kappa shape index (κ3) is 2.53. The third-order valence-corrected chi connectivity index (χ3v) is 4.13. The zero-order chi connectivity index (χ0) is 14.9. The number of fused-ring (bicyclic) bond motifs is 1. The molecular formula is C16H20BrFN2. The second kappa shape index (κ2) is 6.08. The predicted octanol–water partition coefficient (Wildman–Crippen LogP) is 5.14. The molecule has 0 unspecified atom stereocenters. The first-order valence-corrected chi connectivity index (χ1v) is 7.82. The van der Waals surface area contributed by atoms with E-state index in [2.05, 4.69) is 40.1 Å². The average molecular weight is 339 g/mol. The fraction of sp³-hybridized carbons (Fsp3) is 0.438. The fourth-order valence-electron chi connectivity index (χ4n) is 2.56. The summed E-state index contributed by atoms with van der Waals surface area (Å²) < 4.78 is 15.1. The molecule has 0 spiro atoms. The van der Waals surface area contributed by atoms with E-state index in [0.29, 0.717) is 9.86 Å². The summed E-state index contributed by atoms with van der Waals surface area (Å²) in [6, 6.07) is 1.79. The molecule has 2 aromatic rings. The van der Waals surface area contributed by atoms with Crippen molar-refractivity contribution in [3.8, 4) is 0 Å². The van der Waals surface area contributed by atoms with Gasteiger partial charge in [-0.05, 0) is 59.8 Å². The molecule has 0 aliphatic carbocycles. The van der Waals surface area contributed by atoms with Crippen molar-refractivity contribution in [2.75, 3.05) is 11.9 Å². The zero-order valence-electron chi connectivity index (χ0n) is 12.4. The zero-order valence-corrected chi connectivity index (χ0v) is 14.0. The Labute approximate surface area is 127 Å². The van der Waals surface area contributed by atoms with Crippen LogP contribution in [0.15, 0.2) is 10.5 Å². The highest BCUT2D eigenvalue weighted by Crippen LogP contribution is 2.35. The van der Waals surface area contributed by atoms with Gasteiger partial charge < -0.3 is 5.32 Å². The second-order valence-corrected chi connectivity index (χ2v) is 5.90. The number of nitrogens with one attached hydrogen (secondary N) is 1. The molecule has 0 fully saturated rings. The highest BCUT2D eigenvalue weighted by atomic mass is 79.9. The number of hydrogen-bond acceptors (Lipinski definition) is 2. The van der Waals surface area contributed by atoms with Gasteiger partial charge in [0.15, 0.2) is 0 Å². The van der Waals surface area contributed by atoms with E-state index in [0.717, 1.165) is 47.4 Å².